The second-order valence-corrected chi connectivity index (χ2v) is 3.48. The zero-order valence-corrected chi connectivity index (χ0v) is 9.44. The Morgan fingerprint density at radius 2 is 1.94 bits per heavy atom. The van der Waals surface area contributed by atoms with Crippen molar-refractivity contribution in [3.63, 3.8) is 0 Å². The van der Waals surface area contributed by atoms with Gasteiger partial charge >= 0.3 is 6.03 Å². The molecule has 0 saturated carbocycles. The summed E-state index contributed by atoms with van der Waals surface area (Å²) in [6.45, 7) is 0. The predicted molar refractivity (Wildman–Crippen MR) is 59.0 cm³/mol. The molecule has 0 bridgehead atoms. The fourth-order valence-electron chi connectivity index (χ4n) is 1.78. The highest BCUT2D eigenvalue weighted by atomic mass is 16.5. The van der Waals surface area contributed by atoms with Crippen LogP contribution in [0.2, 0.25) is 0 Å². The Balaban J connectivity index is 2.44. The standard InChI is InChI=1S/C11H12N2O4/c1-16-7-5-3-4-6(9(7)17-2)8-10(14)13-11(15)12-8/h3-5,8H,1-2H3,(H2,12,13,14,15). The zero-order chi connectivity index (χ0) is 12.4. The van der Waals surface area contributed by atoms with Crippen molar-refractivity contribution in [1.82, 2.24) is 10.6 Å². The Kier molecular flexibility index (Phi) is 2.86. The number of nitrogens with one attached hydrogen (secondary N) is 2. The van der Waals surface area contributed by atoms with E-state index in [2.05, 4.69) is 10.6 Å². The van der Waals surface area contributed by atoms with E-state index in [0.717, 1.165) is 0 Å². The fourth-order valence-corrected chi connectivity index (χ4v) is 1.78. The van der Waals surface area contributed by atoms with Crippen molar-refractivity contribution in [3.05, 3.63) is 23.8 Å². The first-order valence-electron chi connectivity index (χ1n) is 4.99. The van der Waals surface area contributed by atoms with Crippen LogP contribution in [-0.2, 0) is 4.79 Å². The minimum absolute atomic E-state index is 0.401. The lowest BCUT2D eigenvalue weighted by atomic mass is 10.1. The second kappa shape index (κ2) is 4.32. The van der Waals surface area contributed by atoms with Crippen LogP contribution in [0.5, 0.6) is 11.5 Å². The van der Waals surface area contributed by atoms with E-state index in [1.165, 1.54) is 14.2 Å². The van der Waals surface area contributed by atoms with Crippen molar-refractivity contribution in [2.75, 3.05) is 14.2 Å². The van der Waals surface area contributed by atoms with Gasteiger partial charge in [-0.15, -0.1) is 0 Å². The Labute approximate surface area is 97.9 Å². The number of methoxy groups -OCH3 is 2. The van der Waals surface area contributed by atoms with E-state index in [1.807, 2.05) is 0 Å². The molecule has 17 heavy (non-hydrogen) atoms. The van der Waals surface area contributed by atoms with Crippen molar-refractivity contribution >= 4 is 11.9 Å². The largest absolute Gasteiger partial charge is 0.493 e. The van der Waals surface area contributed by atoms with Crippen LogP contribution in [0, 0.1) is 0 Å². The molecule has 1 aromatic rings. The molecular weight excluding hydrogens is 224 g/mol. The number of amides is 3. The van der Waals surface area contributed by atoms with Crippen LogP contribution < -0.4 is 20.1 Å². The van der Waals surface area contributed by atoms with Gasteiger partial charge in [0, 0.05) is 5.56 Å². The summed E-state index contributed by atoms with van der Waals surface area (Å²) in [6.07, 6.45) is 0. The van der Waals surface area contributed by atoms with Crippen LogP contribution in [0.3, 0.4) is 0 Å². The summed E-state index contributed by atoms with van der Waals surface area (Å²) in [4.78, 5) is 22.6. The predicted octanol–water partition coefficient (Wildman–Crippen LogP) is 0.584. The van der Waals surface area contributed by atoms with Crippen molar-refractivity contribution in [2.24, 2.45) is 0 Å². The van der Waals surface area contributed by atoms with E-state index in [0.29, 0.717) is 17.1 Å². The number of imide groups is 1. The van der Waals surface area contributed by atoms with Crippen molar-refractivity contribution < 1.29 is 19.1 Å². The highest BCUT2D eigenvalue weighted by Crippen LogP contribution is 2.35. The maximum atomic E-state index is 11.6. The van der Waals surface area contributed by atoms with Crippen molar-refractivity contribution in [2.45, 2.75) is 6.04 Å². The molecule has 3 amide bonds. The van der Waals surface area contributed by atoms with Crippen LogP contribution >= 0.6 is 0 Å². The lowest BCUT2D eigenvalue weighted by Gasteiger charge is -2.15. The lowest BCUT2D eigenvalue weighted by molar-refractivity contribution is -0.120. The summed E-state index contributed by atoms with van der Waals surface area (Å²) in [6, 6.07) is 3.90. The van der Waals surface area contributed by atoms with E-state index in [9.17, 15) is 9.59 Å². The third-order valence-corrected chi connectivity index (χ3v) is 2.52. The number of benzene rings is 1. The second-order valence-electron chi connectivity index (χ2n) is 3.48. The zero-order valence-electron chi connectivity index (χ0n) is 9.44. The number of carbonyl (C=O) groups excluding carboxylic acids is 2. The highest BCUT2D eigenvalue weighted by Gasteiger charge is 2.33. The Hall–Kier alpha value is -2.24. The Morgan fingerprint density at radius 1 is 1.18 bits per heavy atom. The maximum absolute atomic E-state index is 11.6. The van der Waals surface area contributed by atoms with Gasteiger partial charge in [-0.1, -0.05) is 12.1 Å². The van der Waals surface area contributed by atoms with E-state index in [1.54, 1.807) is 18.2 Å². The van der Waals surface area contributed by atoms with E-state index in [-0.39, 0.29) is 0 Å². The molecule has 1 atom stereocenters. The van der Waals surface area contributed by atoms with Gasteiger partial charge in [0.25, 0.3) is 5.91 Å². The molecule has 90 valence electrons. The van der Waals surface area contributed by atoms with Gasteiger partial charge in [-0.05, 0) is 6.07 Å². The Bertz CT molecular complexity index is 473. The topological polar surface area (TPSA) is 76.7 Å². The summed E-state index contributed by atoms with van der Waals surface area (Å²) in [5, 5.41) is 4.68. The van der Waals surface area contributed by atoms with Crippen LogP contribution in [0.4, 0.5) is 4.79 Å². The number of hydrogen-bond acceptors (Lipinski definition) is 4. The molecule has 6 heteroatoms. The average molecular weight is 236 g/mol. The molecule has 1 saturated heterocycles. The maximum Gasteiger partial charge on any atom is 0.322 e. The molecule has 0 aliphatic carbocycles. The van der Waals surface area contributed by atoms with Crippen molar-refractivity contribution in [3.8, 4) is 11.5 Å². The molecule has 0 radical (unpaired) electrons. The number of carbonyl (C=O) groups is 2. The molecule has 0 spiro atoms. The Morgan fingerprint density at radius 3 is 2.47 bits per heavy atom. The number of para-hydroxylation sites is 1. The van der Waals surface area contributed by atoms with Crippen molar-refractivity contribution in [1.29, 1.82) is 0 Å². The molecule has 1 heterocycles. The van der Waals surface area contributed by atoms with E-state index in [4.69, 9.17) is 9.47 Å². The van der Waals surface area contributed by atoms with Gasteiger partial charge in [0.15, 0.2) is 11.5 Å². The molecule has 1 aromatic carbocycles. The quantitative estimate of drug-likeness (QED) is 0.753. The number of ether oxygens (including phenoxy) is 2. The molecular formula is C11H12N2O4. The first-order chi connectivity index (χ1) is 8.17. The monoisotopic (exact) mass is 236 g/mol. The molecule has 1 unspecified atom stereocenters. The van der Waals surface area contributed by atoms with Gasteiger partial charge in [-0.25, -0.2) is 4.79 Å². The van der Waals surface area contributed by atoms with Gasteiger partial charge in [-0.3, -0.25) is 10.1 Å². The van der Waals surface area contributed by atoms with Crippen LogP contribution in [0.25, 0.3) is 0 Å². The molecule has 1 aliphatic rings. The first kappa shape index (κ1) is 11.3. The highest BCUT2D eigenvalue weighted by molar-refractivity contribution is 6.04. The average Bonchev–Trinajstić information content (AvgIpc) is 2.67. The fraction of sp³-hybridized carbons (Fsp3) is 0.273. The van der Waals surface area contributed by atoms with Gasteiger partial charge in [0.2, 0.25) is 0 Å². The third-order valence-electron chi connectivity index (χ3n) is 2.52. The van der Waals surface area contributed by atoms with Crippen LogP contribution in [0.15, 0.2) is 18.2 Å². The SMILES string of the molecule is COc1cccc(C2NC(=O)NC2=O)c1OC. The molecule has 2 N–H and O–H groups in total. The van der Waals surface area contributed by atoms with Gasteiger partial charge in [0.1, 0.15) is 6.04 Å². The minimum atomic E-state index is -0.743. The molecule has 0 aromatic heterocycles. The minimum Gasteiger partial charge on any atom is -0.493 e. The van der Waals surface area contributed by atoms with E-state index < -0.39 is 18.0 Å². The summed E-state index contributed by atoms with van der Waals surface area (Å²) >= 11 is 0. The van der Waals surface area contributed by atoms with Gasteiger partial charge in [0.05, 0.1) is 14.2 Å². The smallest absolute Gasteiger partial charge is 0.322 e. The number of rotatable bonds is 3. The van der Waals surface area contributed by atoms with Crippen LogP contribution in [-0.4, -0.2) is 26.2 Å². The summed E-state index contributed by atoms with van der Waals surface area (Å²) in [7, 11) is 2.99. The van der Waals surface area contributed by atoms with E-state index >= 15 is 0 Å². The lowest BCUT2D eigenvalue weighted by Crippen LogP contribution is -2.22. The van der Waals surface area contributed by atoms with Gasteiger partial charge in [-0.2, -0.15) is 0 Å². The molecule has 1 aliphatic heterocycles. The number of hydrogen-bond donors (Lipinski definition) is 2. The molecule has 2 rings (SSSR count). The van der Waals surface area contributed by atoms with Crippen LogP contribution in [0.1, 0.15) is 11.6 Å². The van der Waals surface area contributed by atoms with Gasteiger partial charge < -0.3 is 14.8 Å². The number of urea groups is 1. The summed E-state index contributed by atoms with van der Waals surface area (Å²) in [5.41, 5.74) is 0.565. The molecule has 1 fully saturated rings. The summed E-state index contributed by atoms with van der Waals surface area (Å²) < 4.78 is 10.3. The first-order valence-corrected chi connectivity index (χ1v) is 4.99. The normalized spacial score (nSPS) is 18.6. The molecule has 6 nitrogen and oxygen atoms in total. The third kappa shape index (κ3) is 1.89. The summed E-state index contributed by atoms with van der Waals surface area (Å²) in [5.74, 6) is 0.554.